The second-order valence-corrected chi connectivity index (χ2v) is 4.72. The summed E-state index contributed by atoms with van der Waals surface area (Å²) in [6, 6.07) is 15.9. The molecule has 1 N–H and O–H groups in total. The molecule has 3 nitrogen and oxygen atoms in total. The van der Waals surface area contributed by atoms with Crippen molar-refractivity contribution < 1.29 is 4.39 Å². The second kappa shape index (κ2) is 5.89. The van der Waals surface area contributed by atoms with E-state index in [2.05, 4.69) is 15.3 Å². The number of para-hydroxylation sites is 1. The molecule has 0 bridgehead atoms. The van der Waals surface area contributed by atoms with Gasteiger partial charge in [-0.25, -0.2) is 14.4 Å². The van der Waals surface area contributed by atoms with Gasteiger partial charge in [0.1, 0.15) is 23.1 Å². The van der Waals surface area contributed by atoms with Crippen LogP contribution in [0.2, 0.25) is 5.15 Å². The lowest BCUT2D eigenvalue weighted by atomic mass is 10.1. The van der Waals surface area contributed by atoms with Crippen molar-refractivity contribution in [2.24, 2.45) is 0 Å². The average molecular weight is 300 g/mol. The Labute approximate surface area is 126 Å². The number of benzene rings is 2. The zero-order valence-electron chi connectivity index (χ0n) is 10.9. The molecule has 0 radical (unpaired) electrons. The lowest BCUT2D eigenvalue weighted by Crippen LogP contribution is -2.00. The third-order valence-electron chi connectivity index (χ3n) is 2.99. The third-order valence-corrected chi connectivity index (χ3v) is 3.28. The van der Waals surface area contributed by atoms with E-state index < -0.39 is 0 Å². The third kappa shape index (κ3) is 2.85. The zero-order valence-corrected chi connectivity index (χ0v) is 11.7. The van der Waals surface area contributed by atoms with Crippen molar-refractivity contribution >= 4 is 23.1 Å². The van der Waals surface area contributed by atoms with E-state index in [-0.39, 0.29) is 5.82 Å². The van der Waals surface area contributed by atoms with Crippen LogP contribution >= 0.6 is 11.6 Å². The number of nitrogens with one attached hydrogen (secondary N) is 1. The van der Waals surface area contributed by atoms with Gasteiger partial charge in [-0.05, 0) is 17.7 Å². The van der Waals surface area contributed by atoms with Crippen molar-refractivity contribution in [2.45, 2.75) is 0 Å². The van der Waals surface area contributed by atoms with Gasteiger partial charge in [0.2, 0.25) is 0 Å². The van der Waals surface area contributed by atoms with Gasteiger partial charge in [0.25, 0.3) is 0 Å². The first-order valence-electron chi connectivity index (χ1n) is 6.33. The van der Waals surface area contributed by atoms with Crippen LogP contribution in [-0.2, 0) is 0 Å². The maximum Gasteiger partial charge on any atom is 0.146 e. The highest BCUT2D eigenvalue weighted by Crippen LogP contribution is 2.33. The number of halogens is 2. The molecule has 0 fully saturated rings. The van der Waals surface area contributed by atoms with E-state index >= 15 is 0 Å². The molecule has 3 aromatic rings. The predicted molar refractivity (Wildman–Crippen MR) is 82.2 cm³/mol. The quantitative estimate of drug-likeness (QED) is 0.714. The molecule has 0 unspecified atom stereocenters. The van der Waals surface area contributed by atoms with Crippen molar-refractivity contribution in [3.05, 3.63) is 71.9 Å². The minimum Gasteiger partial charge on any atom is -0.337 e. The minimum atomic E-state index is -0.355. The Bertz CT molecular complexity index is 762. The van der Waals surface area contributed by atoms with E-state index in [4.69, 9.17) is 11.6 Å². The van der Waals surface area contributed by atoms with Crippen LogP contribution in [0.4, 0.5) is 15.9 Å². The van der Waals surface area contributed by atoms with Gasteiger partial charge in [0.05, 0.1) is 11.3 Å². The molecular formula is C16H11ClFN3. The lowest BCUT2D eigenvalue weighted by molar-refractivity contribution is 0.632. The topological polar surface area (TPSA) is 37.8 Å². The first-order valence-corrected chi connectivity index (χ1v) is 6.71. The molecule has 2 aromatic carbocycles. The van der Waals surface area contributed by atoms with Crippen LogP contribution in [0, 0.1) is 5.82 Å². The molecule has 0 saturated carbocycles. The molecule has 5 heteroatoms. The molecule has 1 heterocycles. The number of rotatable bonds is 3. The molecular weight excluding hydrogens is 289 g/mol. The van der Waals surface area contributed by atoms with E-state index in [1.54, 1.807) is 18.2 Å². The molecule has 21 heavy (non-hydrogen) atoms. The monoisotopic (exact) mass is 299 g/mol. The van der Waals surface area contributed by atoms with Crippen molar-refractivity contribution in [3.63, 3.8) is 0 Å². The fourth-order valence-electron chi connectivity index (χ4n) is 2.01. The van der Waals surface area contributed by atoms with Gasteiger partial charge in [-0.15, -0.1) is 0 Å². The molecule has 1 aromatic heterocycles. The summed E-state index contributed by atoms with van der Waals surface area (Å²) in [4.78, 5) is 8.18. The Morgan fingerprint density at radius 1 is 0.905 bits per heavy atom. The van der Waals surface area contributed by atoms with Crippen LogP contribution in [0.15, 0.2) is 60.9 Å². The van der Waals surface area contributed by atoms with Crippen LogP contribution in [0.25, 0.3) is 11.1 Å². The minimum absolute atomic E-state index is 0.315. The molecule has 0 aliphatic carbocycles. The molecule has 104 valence electrons. The lowest BCUT2D eigenvalue weighted by Gasteiger charge is -2.12. The molecule has 0 spiro atoms. The Balaban J connectivity index is 2.08. The van der Waals surface area contributed by atoms with E-state index in [9.17, 15) is 4.39 Å². The molecule has 0 aliphatic rings. The molecule has 0 saturated heterocycles. The highest BCUT2D eigenvalue weighted by Gasteiger charge is 2.13. The largest absolute Gasteiger partial charge is 0.337 e. The number of hydrogen-bond acceptors (Lipinski definition) is 3. The fourth-order valence-corrected chi connectivity index (χ4v) is 2.25. The SMILES string of the molecule is Fc1ccccc1Nc1ncnc(Cl)c1-c1ccccc1. The van der Waals surface area contributed by atoms with Gasteiger partial charge in [-0.1, -0.05) is 54.1 Å². The Hall–Kier alpha value is -2.46. The van der Waals surface area contributed by atoms with Crippen LogP contribution in [0.5, 0.6) is 0 Å². The Morgan fingerprint density at radius 3 is 2.38 bits per heavy atom. The highest BCUT2D eigenvalue weighted by molar-refractivity contribution is 6.32. The number of nitrogens with zero attached hydrogens (tertiary/aromatic N) is 2. The van der Waals surface area contributed by atoms with Gasteiger partial charge < -0.3 is 5.32 Å². The molecule has 0 aliphatic heterocycles. The summed E-state index contributed by atoms with van der Waals surface area (Å²) in [6.45, 7) is 0. The average Bonchev–Trinajstić information content (AvgIpc) is 2.51. The number of aromatic nitrogens is 2. The summed E-state index contributed by atoms with van der Waals surface area (Å²) in [5.74, 6) is 0.109. The first kappa shape index (κ1) is 13.5. The van der Waals surface area contributed by atoms with Crippen LogP contribution in [-0.4, -0.2) is 9.97 Å². The van der Waals surface area contributed by atoms with Crippen molar-refractivity contribution in [2.75, 3.05) is 5.32 Å². The predicted octanol–water partition coefficient (Wildman–Crippen LogP) is 4.68. The number of hydrogen-bond donors (Lipinski definition) is 1. The van der Waals surface area contributed by atoms with Gasteiger partial charge >= 0.3 is 0 Å². The zero-order chi connectivity index (χ0) is 14.7. The smallest absolute Gasteiger partial charge is 0.146 e. The summed E-state index contributed by atoms with van der Waals surface area (Å²) in [5, 5.41) is 3.28. The summed E-state index contributed by atoms with van der Waals surface area (Å²) in [5.41, 5.74) is 1.84. The standard InChI is InChI=1S/C16H11ClFN3/c17-15-14(11-6-2-1-3-7-11)16(20-10-19-15)21-13-9-5-4-8-12(13)18/h1-10H,(H,19,20,21). The summed E-state index contributed by atoms with van der Waals surface area (Å²) in [6.07, 6.45) is 1.35. The van der Waals surface area contributed by atoms with Crippen molar-refractivity contribution in [3.8, 4) is 11.1 Å². The van der Waals surface area contributed by atoms with Gasteiger partial charge in [-0.2, -0.15) is 0 Å². The van der Waals surface area contributed by atoms with E-state index in [1.807, 2.05) is 30.3 Å². The fraction of sp³-hybridized carbons (Fsp3) is 0. The van der Waals surface area contributed by atoms with E-state index in [1.165, 1.54) is 12.4 Å². The maximum atomic E-state index is 13.8. The summed E-state index contributed by atoms with van der Waals surface area (Å²) < 4.78 is 13.8. The van der Waals surface area contributed by atoms with Crippen LogP contribution < -0.4 is 5.32 Å². The normalized spacial score (nSPS) is 10.4. The number of anilines is 2. The van der Waals surface area contributed by atoms with Crippen molar-refractivity contribution in [1.82, 2.24) is 9.97 Å². The second-order valence-electron chi connectivity index (χ2n) is 4.36. The van der Waals surface area contributed by atoms with Crippen LogP contribution in [0.3, 0.4) is 0 Å². The molecule has 3 rings (SSSR count). The summed E-state index contributed by atoms with van der Waals surface area (Å²) in [7, 11) is 0. The van der Waals surface area contributed by atoms with E-state index in [0.29, 0.717) is 22.2 Å². The Morgan fingerprint density at radius 2 is 1.62 bits per heavy atom. The molecule has 0 atom stereocenters. The van der Waals surface area contributed by atoms with Gasteiger partial charge in [0, 0.05) is 0 Å². The van der Waals surface area contributed by atoms with Gasteiger partial charge in [-0.3, -0.25) is 0 Å². The Kier molecular flexibility index (Phi) is 3.79. The van der Waals surface area contributed by atoms with Gasteiger partial charge in [0.15, 0.2) is 0 Å². The van der Waals surface area contributed by atoms with Crippen molar-refractivity contribution in [1.29, 1.82) is 0 Å². The summed E-state index contributed by atoms with van der Waals surface area (Å²) >= 11 is 6.19. The van der Waals surface area contributed by atoms with E-state index in [0.717, 1.165) is 5.56 Å². The molecule has 0 amide bonds. The first-order chi connectivity index (χ1) is 10.3. The highest BCUT2D eigenvalue weighted by atomic mass is 35.5. The van der Waals surface area contributed by atoms with Crippen LogP contribution in [0.1, 0.15) is 0 Å². The maximum absolute atomic E-state index is 13.8.